The van der Waals surface area contributed by atoms with Crippen molar-refractivity contribution in [2.45, 2.75) is 43.0 Å². The number of alkyl halides is 3. The van der Waals surface area contributed by atoms with Gasteiger partial charge < -0.3 is 4.74 Å². The van der Waals surface area contributed by atoms with E-state index in [1.165, 1.54) is 10.8 Å². The Morgan fingerprint density at radius 1 is 1.36 bits per heavy atom. The summed E-state index contributed by atoms with van der Waals surface area (Å²) in [5.74, 6) is 0. The average Bonchev–Trinajstić information content (AvgIpc) is 2.27. The minimum atomic E-state index is -4.18. The van der Waals surface area contributed by atoms with Gasteiger partial charge in [0.1, 0.15) is 5.25 Å². The maximum absolute atomic E-state index is 12.6. The van der Waals surface area contributed by atoms with Crippen LogP contribution in [0.5, 0.6) is 0 Å². The van der Waals surface area contributed by atoms with Crippen LogP contribution in [-0.2, 0) is 4.74 Å². The Hall–Kier alpha value is 0.450. The van der Waals surface area contributed by atoms with E-state index in [1.54, 1.807) is 20.8 Å². The molecule has 0 bridgehead atoms. The fourth-order valence-electron chi connectivity index (χ4n) is 1.33. The van der Waals surface area contributed by atoms with Crippen LogP contribution in [0.3, 0.4) is 0 Å². The van der Waals surface area contributed by atoms with Crippen LogP contribution in [0.2, 0.25) is 0 Å². The molecule has 0 unspecified atom stereocenters. The summed E-state index contributed by atoms with van der Waals surface area (Å²) in [5.41, 5.74) is 0. The van der Waals surface area contributed by atoms with Gasteiger partial charge in [0.25, 0.3) is 0 Å². The Kier molecular flexibility index (Phi) is 3.70. The number of rotatable bonds is 2. The van der Waals surface area contributed by atoms with Crippen molar-refractivity contribution < 1.29 is 17.9 Å². The molecule has 0 spiro atoms. The van der Waals surface area contributed by atoms with E-state index in [-0.39, 0.29) is 0 Å². The van der Waals surface area contributed by atoms with E-state index in [0.29, 0.717) is 6.61 Å². The van der Waals surface area contributed by atoms with Crippen LogP contribution in [0.1, 0.15) is 20.8 Å². The van der Waals surface area contributed by atoms with E-state index in [1.807, 2.05) is 0 Å². The van der Waals surface area contributed by atoms with Gasteiger partial charge in [-0.15, -0.1) is 0 Å². The molecule has 14 heavy (non-hydrogen) atoms. The van der Waals surface area contributed by atoms with E-state index in [4.69, 9.17) is 4.74 Å². The lowest BCUT2D eigenvalue weighted by Crippen LogP contribution is -2.44. The van der Waals surface area contributed by atoms with E-state index < -0.39 is 22.3 Å². The molecule has 0 amide bonds. The summed E-state index contributed by atoms with van der Waals surface area (Å²) in [4.78, 5) is 0. The summed E-state index contributed by atoms with van der Waals surface area (Å²) in [6, 6.07) is 0. The topological polar surface area (TPSA) is 9.23 Å². The molecule has 0 aromatic heterocycles. The zero-order valence-corrected chi connectivity index (χ0v) is 9.85. The van der Waals surface area contributed by atoms with Crippen LogP contribution in [0.15, 0.2) is 0 Å². The van der Waals surface area contributed by atoms with Crippen molar-refractivity contribution in [2.75, 3.05) is 6.61 Å². The molecule has 1 saturated heterocycles. The second-order valence-corrected chi connectivity index (χ2v) is 6.62. The molecule has 1 rings (SSSR count). The predicted octanol–water partition coefficient (Wildman–Crippen LogP) is 3.50. The van der Waals surface area contributed by atoms with Crippen molar-refractivity contribution in [3.8, 4) is 0 Å². The largest absolute Gasteiger partial charge is 0.403 e. The molecule has 0 radical (unpaired) electrons. The number of halogens is 3. The molecule has 2 atom stereocenters. The molecule has 0 saturated carbocycles. The molecule has 0 aromatic rings. The van der Waals surface area contributed by atoms with Crippen molar-refractivity contribution in [2.24, 2.45) is 0 Å². The third-order valence-electron chi connectivity index (χ3n) is 2.00. The first kappa shape index (κ1) is 12.5. The highest BCUT2D eigenvalue weighted by atomic mass is 33.1. The highest BCUT2D eigenvalue weighted by Gasteiger charge is 2.56. The maximum atomic E-state index is 12.6. The van der Waals surface area contributed by atoms with Gasteiger partial charge >= 0.3 is 6.18 Å². The molecular weight excluding hydrogens is 233 g/mol. The van der Waals surface area contributed by atoms with Crippen LogP contribution in [-0.4, -0.2) is 28.9 Å². The predicted molar refractivity (Wildman–Crippen MR) is 54.5 cm³/mol. The van der Waals surface area contributed by atoms with Gasteiger partial charge in [-0.2, -0.15) is 13.2 Å². The van der Waals surface area contributed by atoms with E-state index in [9.17, 15) is 13.2 Å². The SMILES string of the molecule is CCO[C@H]1[C@H](C(F)(F)F)SSC1(C)C. The van der Waals surface area contributed by atoms with Crippen LogP contribution in [0.4, 0.5) is 13.2 Å². The summed E-state index contributed by atoms with van der Waals surface area (Å²) >= 11 is 0. The lowest BCUT2D eigenvalue weighted by atomic mass is 10.0. The minimum absolute atomic E-state index is 0.321. The van der Waals surface area contributed by atoms with E-state index in [0.717, 1.165) is 10.8 Å². The van der Waals surface area contributed by atoms with Gasteiger partial charge in [0.15, 0.2) is 0 Å². The van der Waals surface area contributed by atoms with E-state index >= 15 is 0 Å². The van der Waals surface area contributed by atoms with Crippen molar-refractivity contribution >= 4 is 21.6 Å². The monoisotopic (exact) mass is 246 g/mol. The fourth-order valence-corrected chi connectivity index (χ4v) is 4.67. The maximum Gasteiger partial charge on any atom is 0.403 e. The molecule has 0 N–H and O–H groups in total. The average molecular weight is 246 g/mol. The fraction of sp³-hybridized carbons (Fsp3) is 1.00. The molecule has 1 aliphatic heterocycles. The zero-order valence-electron chi connectivity index (χ0n) is 8.22. The summed E-state index contributed by atoms with van der Waals surface area (Å²) in [6.07, 6.45) is -4.92. The zero-order chi connectivity index (χ0) is 11.0. The van der Waals surface area contributed by atoms with E-state index in [2.05, 4.69) is 0 Å². The van der Waals surface area contributed by atoms with Crippen molar-refractivity contribution in [3.63, 3.8) is 0 Å². The molecular formula is C8H13F3OS2. The van der Waals surface area contributed by atoms with Crippen LogP contribution >= 0.6 is 21.6 Å². The van der Waals surface area contributed by atoms with Gasteiger partial charge in [0, 0.05) is 11.4 Å². The number of ether oxygens (including phenoxy) is 1. The van der Waals surface area contributed by atoms with Crippen LogP contribution in [0.25, 0.3) is 0 Å². The quantitative estimate of drug-likeness (QED) is 0.690. The number of hydrogen-bond donors (Lipinski definition) is 0. The smallest absolute Gasteiger partial charge is 0.375 e. The highest BCUT2D eigenvalue weighted by Crippen LogP contribution is 2.56. The second-order valence-electron chi connectivity index (χ2n) is 3.62. The Balaban J connectivity index is 2.79. The first-order valence-corrected chi connectivity index (χ1v) is 6.53. The molecule has 1 aliphatic rings. The number of hydrogen-bond acceptors (Lipinski definition) is 3. The van der Waals surface area contributed by atoms with Gasteiger partial charge in [-0.1, -0.05) is 21.6 Å². The van der Waals surface area contributed by atoms with Crippen molar-refractivity contribution in [3.05, 3.63) is 0 Å². The Labute approximate surface area is 89.5 Å². The Morgan fingerprint density at radius 2 is 1.93 bits per heavy atom. The van der Waals surface area contributed by atoms with Gasteiger partial charge in [-0.05, 0) is 20.8 Å². The molecule has 84 valence electrons. The molecule has 6 heteroatoms. The van der Waals surface area contributed by atoms with Gasteiger partial charge in [-0.25, -0.2) is 0 Å². The first-order valence-electron chi connectivity index (χ1n) is 4.32. The van der Waals surface area contributed by atoms with Crippen molar-refractivity contribution in [1.29, 1.82) is 0 Å². The van der Waals surface area contributed by atoms with Crippen LogP contribution < -0.4 is 0 Å². The first-order chi connectivity index (χ1) is 6.29. The molecule has 0 aliphatic carbocycles. The minimum Gasteiger partial charge on any atom is -0.375 e. The second kappa shape index (κ2) is 4.14. The standard InChI is InChI=1S/C8H13F3OS2/c1-4-12-5-6(8(9,10)11)13-14-7(5,2)3/h5-6H,4H2,1-3H3/t5-,6+/m0/s1. The van der Waals surface area contributed by atoms with Gasteiger partial charge in [0.2, 0.25) is 0 Å². The molecule has 1 heterocycles. The molecule has 1 nitrogen and oxygen atoms in total. The highest BCUT2D eigenvalue weighted by molar-refractivity contribution is 8.78. The Morgan fingerprint density at radius 3 is 2.36 bits per heavy atom. The lowest BCUT2D eigenvalue weighted by Gasteiger charge is -2.28. The van der Waals surface area contributed by atoms with Gasteiger partial charge in [0.05, 0.1) is 6.10 Å². The summed E-state index contributed by atoms with van der Waals surface area (Å²) in [6.45, 7) is 5.62. The van der Waals surface area contributed by atoms with Crippen molar-refractivity contribution in [1.82, 2.24) is 0 Å². The lowest BCUT2D eigenvalue weighted by molar-refractivity contribution is -0.155. The normalized spacial score (nSPS) is 32.1. The summed E-state index contributed by atoms with van der Waals surface area (Å²) in [5, 5.41) is -1.40. The summed E-state index contributed by atoms with van der Waals surface area (Å²) in [7, 11) is 2.13. The summed E-state index contributed by atoms with van der Waals surface area (Å²) < 4.78 is 42.4. The third kappa shape index (κ3) is 2.52. The molecule has 0 aromatic carbocycles. The van der Waals surface area contributed by atoms with Gasteiger partial charge in [-0.3, -0.25) is 0 Å². The third-order valence-corrected chi connectivity index (χ3v) is 5.67. The molecule has 1 fully saturated rings. The van der Waals surface area contributed by atoms with Crippen LogP contribution in [0, 0.1) is 0 Å². The Bertz CT molecular complexity index is 205.